The van der Waals surface area contributed by atoms with Crippen LogP contribution in [0.4, 0.5) is 0 Å². The predicted molar refractivity (Wildman–Crippen MR) is 104 cm³/mol. The van der Waals surface area contributed by atoms with Gasteiger partial charge in [-0.1, -0.05) is 0 Å². The lowest BCUT2D eigenvalue weighted by Gasteiger charge is -2.13. The largest absolute Gasteiger partial charge is 0.281 e. The summed E-state index contributed by atoms with van der Waals surface area (Å²) in [7, 11) is 0. The first kappa shape index (κ1) is 17.4. The van der Waals surface area contributed by atoms with Gasteiger partial charge in [0.05, 0.1) is 15.6 Å². The van der Waals surface area contributed by atoms with Crippen LogP contribution in [0.3, 0.4) is 0 Å². The fraction of sp³-hybridized carbons (Fsp3) is 0.412. The third-order valence-corrected chi connectivity index (χ3v) is 6.55. The Balaban J connectivity index is 1.67. The lowest BCUT2D eigenvalue weighted by molar-refractivity contribution is -0.117. The van der Waals surface area contributed by atoms with E-state index in [0.717, 1.165) is 46.2 Å². The molecule has 3 aromatic rings. The van der Waals surface area contributed by atoms with Crippen LogP contribution in [-0.2, 0) is 24.2 Å². The monoisotopic (exact) mass is 435 g/mol. The molecule has 0 aromatic carbocycles. The number of rotatable bonds is 3. The number of carbonyl (C=O) groups excluding carboxylic acids is 1. The van der Waals surface area contributed by atoms with Gasteiger partial charge >= 0.3 is 0 Å². The van der Waals surface area contributed by atoms with Gasteiger partial charge in [-0.3, -0.25) is 19.7 Å². The molecule has 0 saturated heterocycles. The average Bonchev–Trinajstić information content (AvgIpc) is 3.10. The molecule has 0 spiro atoms. The maximum absolute atomic E-state index is 13.0. The summed E-state index contributed by atoms with van der Waals surface area (Å²) < 4.78 is 3.64. The zero-order valence-corrected chi connectivity index (χ0v) is 16.9. The number of nitrogens with zero attached hydrogens (tertiary/aromatic N) is 4. The molecular formula is C17H18BrN5O2S. The van der Waals surface area contributed by atoms with Gasteiger partial charge in [0.15, 0.2) is 0 Å². The van der Waals surface area contributed by atoms with E-state index in [1.807, 2.05) is 6.92 Å². The summed E-state index contributed by atoms with van der Waals surface area (Å²) >= 11 is 4.98. The average molecular weight is 436 g/mol. The molecule has 0 atom stereocenters. The van der Waals surface area contributed by atoms with E-state index in [2.05, 4.69) is 31.4 Å². The van der Waals surface area contributed by atoms with Crippen molar-refractivity contribution in [1.29, 1.82) is 0 Å². The molecule has 0 saturated carbocycles. The first-order valence-corrected chi connectivity index (χ1v) is 10.1. The number of carbonyl (C=O) groups is 1. The van der Waals surface area contributed by atoms with Crippen LogP contribution in [0.2, 0.25) is 0 Å². The molecule has 1 aliphatic carbocycles. The third kappa shape index (κ3) is 2.99. The molecule has 0 bridgehead atoms. The number of nitrogens with one attached hydrogen (secondary N) is 1. The summed E-state index contributed by atoms with van der Waals surface area (Å²) in [6.45, 7) is 3.61. The van der Waals surface area contributed by atoms with Gasteiger partial charge < -0.3 is 0 Å². The minimum absolute atomic E-state index is 0.0259. The Morgan fingerprint density at radius 1 is 1.35 bits per heavy atom. The van der Waals surface area contributed by atoms with Crippen molar-refractivity contribution in [1.82, 2.24) is 19.4 Å². The molecule has 0 fully saturated rings. The Kier molecular flexibility index (Phi) is 4.44. The number of hydrogen-bond donors (Lipinski definition) is 1. The number of fused-ring (bicyclic) bond motifs is 3. The van der Waals surface area contributed by atoms with Crippen molar-refractivity contribution in [2.24, 2.45) is 0 Å². The SMILES string of the molecule is Cc1nn(CC(=O)Nn2c(C)nc3sc4c(c3c2=O)CCCC4)cc1Br. The lowest BCUT2D eigenvalue weighted by atomic mass is 9.97. The van der Waals surface area contributed by atoms with E-state index in [0.29, 0.717) is 11.2 Å². The number of thiophene rings is 1. The first-order valence-electron chi connectivity index (χ1n) is 8.47. The maximum Gasteiger partial charge on any atom is 0.281 e. The summed E-state index contributed by atoms with van der Waals surface area (Å²) in [6.07, 6.45) is 5.90. The first-order chi connectivity index (χ1) is 12.4. The Labute approximate surface area is 162 Å². The second-order valence-electron chi connectivity index (χ2n) is 6.49. The Morgan fingerprint density at radius 3 is 2.85 bits per heavy atom. The lowest BCUT2D eigenvalue weighted by Crippen LogP contribution is -2.37. The molecule has 0 radical (unpaired) electrons. The van der Waals surface area contributed by atoms with Gasteiger partial charge in [-0.15, -0.1) is 11.3 Å². The maximum atomic E-state index is 13.0. The number of hydrogen-bond acceptors (Lipinski definition) is 5. The normalized spacial score (nSPS) is 13.8. The van der Waals surface area contributed by atoms with E-state index in [1.54, 1.807) is 24.5 Å². The van der Waals surface area contributed by atoms with E-state index in [4.69, 9.17) is 0 Å². The van der Waals surface area contributed by atoms with Gasteiger partial charge in [0.2, 0.25) is 0 Å². The molecule has 136 valence electrons. The Morgan fingerprint density at radius 2 is 2.12 bits per heavy atom. The molecule has 1 aliphatic rings. The summed E-state index contributed by atoms with van der Waals surface area (Å²) in [4.78, 5) is 32.0. The van der Waals surface area contributed by atoms with Crippen LogP contribution >= 0.6 is 27.3 Å². The van der Waals surface area contributed by atoms with Crippen LogP contribution in [0.15, 0.2) is 15.5 Å². The molecule has 9 heteroatoms. The minimum atomic E-state index is -0.324. The summed E-state index contributed by atoms with van der Waals surface area (Å²) in [5.74, 6) is 0.155. The molecule has 3 aromatic heterocycles. The van der Waals surface area contributed by atoms with Gasteiger partial charge in [0.25, 0.3) is 11.5 Å². The zero-order valence-electron chi connectivity index (χ0n) is 14.5. The van der Waals surface area contributed by atoms with Gasteiger partial charge in [0.1, 0.15) is 17.2 Å². The van der Waals surface area contributed by atoms with Crippen LogP contribution in [0.25, 0.3) is 10.2 Å². The topological polar surface area (TPSA) is 81.8 Å². The molecule has 26 heavy (non-hydrogen) atoms. The van der Waals surface area contributed by atoms with Crippen LogP contribution in [0, 0.1) is 13.8 Å². The quantitative estimate of drug-likeness (QED) is 0.685. The van der Waals surface area contributed by atoms with E-state index < -0.39 is 0 Å². The van der Waals surface area contributed by atoms with Crippen molar-refractivity contribution in [3.8, 4) is 0 Å². The molecule has 4 rings (SSSR count). The van der Waals surface area contributed by atoms with Crippen molar-refractivity contribution >= 4 is 43.4 Å². The second kappa shape index (κ2) is 6.62. The van der Waals surface area contributed by atoms with Crippen molar-refractivity contribution in [3.63, 3.8) is 0 Å². The van der Waals surface area contributed by atoms with Crippen molar-refractivity contribution in [3.05, 3.63) is 43.0 Å². The van der Waals surface area contributed by atoms with E-state index in [1.165, 1.54) is 14.2 Å². The van der Waals surface area contributed by atoms with Crippen LogP contribution in [-0.4, -0.2) is 25.3 Å². The highest BCUT2D eigenvalue weighted by Crippen LogP contribution is 2.33. The van der Waals surface area contributed by atoms with Gasteiger partial charge in [0, 0.05) is 11.1 Å². The second-order valence-corrected chi connectivity index (χ2v) is 8.42. The Bertz CT molecular complexity index is 1060. The molecular weight excluding hydrogens is 418 g/mol. The van der Waals surface area contributed by atoms with Crippen LogP contribution in [0.1, 0.15) is 34.8 Å². The number of halogens is 1. The highest BCUT2D eigenvalue weighted by molar-refractivity contribution is 9.10. The molecule has 1 N–H and O–H groups in total. The predicted octanol–water partition coefficient (Wildman–Crippen LogP) is 2.68. The fourth-order valence-electron chi connectivity index (χ4n) is 3.32. The molecule has 7 nitrogen and oxygen atoms in total. The van der Waals surface area contributed by atoms with Crippen LogP contribution < -0.4 is 11.0 Å². The van der Waals surface area contributed by atoms with E-state index in [9.17, 15) is 9.59 Å². The van der Waals surface area contributed by atoms with E-state index >= 15 is 0 Å². The fourth-order valence-corrected chi connectivity index (χ4v) is 4.93. The molecule has 1 amide bonds. The summed E-state index contributed by atoms with van der Waals surface area (Å²) in [6, 6.07) is 0. The van der Waals surface area contributed by atoms with Gasteiger partial charge in [-0.25, -0.2) is 9.66 Å². The number of aryl methyl sites for hydroxylation is 4. The standard InChI is InChI=1S/C17H18BrN5O2S/c1-9-12(18)7-22(20-9)8-14(24)21-23-10(2)19-16-15(17(23)25)11-5-3-4-6-13(11)26-16/h7H,3-6,8H2,1-2H3,(H,21,24). The van der Waals surface area contributed by atoms with Gasteiger partial charge in [-0.05, 0) is 61.0 Å². The Hall–Kier alpha value is -2.00. The summed E-state index contributed by atoms with van der Waals surface area (Å²) in [5, 5.41) is 4.90. The highest BCUT2D eigenvalue weighted by atomic mass is 79.9. The zero-order chi connectivity index (χ0) is 18.4. The minimum Gasteiger partial charge on any atom is -0.271 e. The van der Waals surface area contributed by atoms with Crippen molar-refractivity contribution in [2.75, 3.05) is 5.43 Å². The molecule has 3 heterocycles. The van der Waals surface area contributed by atoms with Gasteiger partial charge in [-0.2, -0.15) is 5.10 Å². The highest BCUT2D eigenvalue weighted by Gasteiger charge is 2.21. The molecule has 0 aliphatic heterocycles. The molecule has 0 unspecified atom stereocenters. The third-order valence-electron chi connectivity index (χ3n) is 4.59. The smallest absolute Gasteiger partial charge is 0.271 e. The van der Waals surface area contributed by atoms with Crippen molar-refractivity contribution < 1.29 is 4.79 Å². The van der Waals surface area contributed by atoms with E-state index in [-0.39, 0.29) is 18.0 Å². The number of aromatic nitrogens is 4. The van der Waals surface area contributed by atoms with Crippen LogP contribution in [0.5, 0.6) is 0 Å². The summed E-state index contributed by atoms with van der Waals surface area (Å²) in [5.41, 5.74) is 4.40. The van der Waals surface area contributed by atoms with Crippen molar-refractivity contribution in [2.45, 2.75) is 46.1 Å². The number of amides is 1.